The van der Waals surface area contributed by atoms with Crippen LogP contribution in [0.15, 0.2) is 78.2 Å². The SMILES string of the molecule is CCNC(=NCc1ccc(-n2cccn2)cc1)NCCc1c[nH]c2ccccc12. The van der Waals surface area contributed by atoms with Crippen LogP contribution in [0.3, 0.4) is 0 Å². The number of hydrogen-bond donors (Lipinski definition) is 3. The number of H-pyrrole nitrogens is 1. The molecular formula is C23H26N6. The van der Waals surface area contributed by atoms with Crippen LogP contribution < -0.4 is 10.6 Å². The normalized spacial score (nSPS) is 11.7. The van der Waals surface area contributed by atoms with Gasteiger partial charge >= 0.3 is 0 Å². The molecule has 6 nitrogen and oxygen atoms in total. The Morgan fingerprint density at radius 1 is 1.07 bits per heavy atom. The van der Waals surface area contributed by atoms with Crippen LogP contribution in [0.2, 0.25) is 0 Å². The first-order valence-electron chi connectivity index (χ1n) is 9.99. The number of para-hydroxylation sites is 1. The maximum atomic E-state index is 4.72. The van der Waals surface area contributed by atoms with Crippen LogP contribution in [0.4, 0.5) is 0 Å². The van der Waals surface area contributed by atoms with Gasteiger partial charge in [-0.2, -0.15) is 5.10 Å². The molecule has 4 rings (SSSR count). The second-order valence-electron chi connectivity index (χ2n) is 6.85. The molecule has 0 aliphatic heterocycles. The van der Waals surface area contributed by atoms with Gasteiger partial charge in [0.1, 0.15) is 0 Å². The average Bonchev–Trinajstić information content (AvgIpc) is 3.43. The molecule has 2 aromatic heterocycles. The highest BCUT2D eigenvalue weighted by atomic mass is 15.3. The molecule has 0 atom stereocenters. The number of rotatable bonds is 7. The lowest BCUT2D eigenvalue weighted by molar-refractivity contribution is 0.801. The topological polar surface area (TPSA) is 70.0 Å². The molecule has 0 spiro atoms. The first kappa shape index (κ1) is 18.8. The molecule has 0 aliphatic carbocycles. The Balaban J connectivity index is 1.35. The van der Waals surface area contributed by atoms with E-state index in [0.29, 0.717) is 6.54 Å². The van der Waals surface area contributed by atoms with E-state index < -0.39 is 0 Å². The summed E-state index contributed by atoms with van der Waals surface area (Å²) in [6.45, 7) is 4.36. The largest absolute Gasteiger partial charge is 0.361 e. The zero-order valence-corrected chi connectivity index (χ0v) is 16.6. The van der Waals surface area contributed by atoms with Gasteiger partial charge < -0.3 is 15.6 Å². The van der Waals surface area contributed by atoms with Crippen LogP contribution >= 0.6 is 0 Å². The molecule has 0 saturated carbocycles. The van der Waals surface area contributed by atoms with E-state index in [1.165, 1.54) is 16.5 Å². The highest BCUT2D eigenvalue weighted by Gasteiger charge is 2.04. The van der Waals surface area contributed by atoms with Gasteiger partial charge in [0.15, 0.2) is 5.96 Å². The number of guanidine groups is 1. The molecule has 0 unspecified atom stereocenters. The number of aromatic nitrogens is 3. The standard InChI is InChI=1S/C23H26N6/c1-2-24-23(25-14-12-19-17-26-22-7-4-3-6-21(19)22)27-16-18-8-10-20(11-9-18)29-15-5-13-28-29/h3-11,13,15,17,26H,2,12,14,16H2,1H3,(H2,24,25,27). The maximum Gasteiger partial charge on any atom is 0.191 e. The Hall–Kier alpha value is -3.54. The summed E-state index contributed by atoms with van der Waals surface area (Å²) in [5.74, 6) is 0.837. The molecule has 0 saturated heterocycles. The maximum absolute atomic E-state index is 4.72. The van der Waals surface area contributed by atoms with Crippen LogP contribution in [0.25, 0.3) is 16.6 Å². The van der Waals surface area contributed by atoms with Crippen molar-refractivity contribution >= 4 is 16.9 Å². The van der Waals surface area contributed by atoms with Crippen molar-refractivity contribution in [3.05, 3.63) is 84.3 Å². The third kappa shape index (κ3) is 4.66. The molecule has 148 valence electrons. The molecule has 0 bridgehead atoms. The van der Waals surface area contributed by atoms with E-state index in [-0.39, 0.29) is 0 Å². The number of nitrogens with zero attached hydrogens (tertiary/aromatic N) is 3. The average molecular weight is 387 g/mol. The summed E-state index contributed by atoms with van der Waals surface area (Å²) >= 11 is 0. The Morgan fingerprint density at radius 3 is 2.72 bits per heavy atom. The van der Waals surface area contributed by atoms with E-state index in [1.54, 1.807) is 6.20 Å². The number of nitrogens with one attached hydrogen (secondary N) is 3. The Kier molecular flexibility index (Phi) is 5.90. The zero-order valence-electron chi connectivity index (χ0n) is 16.6. The summed E-state index contributed by atoms with van der Waals surface area (Å²) in [6, 6.07) is 18.6. The molecule has 3 N–H and O–H groups in total. The lowest BCUT2D eigenvalue weighted by atomic mass is 10.1. The van der Waals surface area contributed by atoms with Crippen LogP contribution in [0.5, 0.6) is 0 Å². The fourth-order valence-corrected chi connectivity index (χ4v) is 3.34. The Labute approximate surface area is 170 Å². The summed E-state index contributed by atoms with van der Waals surface area (Å²) in [6.07, 6.45) is 6.75. The molecular weight excluding hydrogens is 360 g/mol. The smallest absolute Gasteiger partial charge is 0.191 e. The third-order valence-corrected chi connectivity index (χ3v) is 4.83. The highest BCUT2D eigenvalue weighted by Crippen LogP contribution is 2.17. The van der Waals surface area contributed by atoms with Crippen molar-refractivity contribution in [2.75, 3.05) is 13.1 Å². The zero-order chi connectivity index (χ0) is 19.9. The minimum Gasteiger partial charge on any atom is -0.361 e. The molecule has 2 aromatic carbocycles. The third-order valence-electron chi connectivity index (χ3n) is 4.83. The number of aromatic amines is 1. The fraction of sp³-hybridized carbons (Fsp3) is 0.217. The quantitative estimate of drug-likeness (QED) is 0.335. The van der Waals surface area contributed by atoms with E-state index in [2.05, 4.69) is 82.4 Å². The predicted octanol–water partition coefficient (Wildman–Crippen LogP) is 3.65. The lowest BCUT2D eigenvalue weighted by Gasteiger charge is -2.11. The van der Waals surface area contributed by atoms with Crippen LogP contribution in [-0.2, 0) is 13.0 Å². The molecule has 29 heavy (non-hydrogen) atoms. The van der Waals surface area contributed by atoms with E-state index in [9.17, 15) is 0 Å². The summed E-state index contributed by atoms with van der Waals surface area (Å²) in [5, 5.41) is 12.3. The fourth-order valence-electron chi connectivity index (χ4n) is 3.34. The number of fused-ring (bicyclic) bond motifs is 1. The van der Waals surface area contributed by atoms with Gasteiger partial charge in [-0.05, 0) is 48.7 Å². The van der Waals surface area contributed by atoms with Gasteiger partial charge in [-0.15, -0.1) is 0 Å². The monoisotopic (exact) mass is 386 g/mol. The first-order chi connectivity index (χ1) is 14.3. The van der Waals surface area contributed by atoms with E-state index in [1.807, 2.05) is 16.9 Å². The van der Waals surface area contributed by atoms with Gasteiger partial charge in [0.25, 0.3) is 0 Å². The van der Waals surface area contributed by atoms with Gasteiger partial charge in [0, 0.05) is 42.6 Å². The second-order valence-corrected chi connectivity index (χ2v) is 6.85. The first-order valence-corrected chi connectivity index (χ1v) is 9.99. The number of hydrogen-bond acceptors (Lipinski definition) is 2. The van der Waals surface area contributed by atoms with Gasteiger partial charge in [0.05, 0.1) is 12.2 Å². The van der Waals surface area contributed by atoms with Gasteiger partial charge in [-0.3, -0.25) is 0 Å². The number of benzene rings is 2. The van der Waals surface area contributed by atoms with Crippen LogP contribution in [0, 0.1) is 0 Å². The minimum absolute atomic E-state index is 0.627. The Bertz CT molecular complexity index is 1060. The van der Waals surface area contributed by atoms with Crippen molar-refractivity contribution in [2.45, 2.75) is 19.9 Å². The van der Waals surface area contributed by atoms with Gasteiger partial charge in [0.2, 0.25) is 0 Å². The summed E-state index contributed by atoms with van der Waals surface area (Å²) in [4.78, 5) is 8.05. The van der Waals surface area contributed by atoms with Crippen molar-refractivity contribution in [1.82, 2.24) is 25.4 Å². The van der Waals surface area contributed by atoms with E-state index in [4.69, 9.17) is 4.99 Å². The molecule has 0 fully saturated rings. The molecule has 2 heterocycles. The van der Waals surface area contributed by atoms with Crippen molar-refractivity contribution in [3.63, 3.8) is 0 Å². The van der Waals surface area contributed by atoms with Crippen molar-refractivity contribution in [1.29, 1.82) is 0 Å². The predicted molar refractivity (Wildman–Crippen MR) is 118 cm³/mol. The summed E-state index contributed by atoms with van der Waals surface area (Å²) in [5.41, 5.74) is 4.71. The van der Waals surface area contributed by atoms with Crippen molar-refractivity contribution in [3.8, 4) is 5.69 Å². The molecule has 4 aromatic rings. The Morgan fingerprint density at radius 2 is 1.93 bits per heavy atom. The lowest BCUT2D eigenvalue weighted by Crippen LogP contribution is -2.38. The van der Waals surface area contributed by atoms with Gasteiger partial charge in [-0.25, -0.2) is 9.67 Å². The highest BCUT2D eigenvalue weighted by molar-refractivity contribution is 5.83. The van der Waals surface area contributed by atoms with Crippen molar-refractivity contribution in [2.24, 2.45) is 4.99 Å². The summed E-state index contributed by atoms with van der Waals surface area (Å²) in [7, 11) is 0. The van der Waals surface area contributed by atoms with Crippen LogP contribution in [-0.4, -0.2) is 33.8 Å². The van der Waals surface area contributed by atoms with Crippen molar-refractivity contribution < 1.29 is 0 Å². The number of aliphatic imine (C=N–C) groups is 1. The molecule has 0 amide bonds. The minimum atomic E-state index is 0.627. The van der Waals surface area contributed by atoms with Crippen LogP contribution in [0.1, 0.15) is 18.1 Å². The van der Waals surface area contributed by atoms with Gasteiger partial charge in [-0.1, -0.05) is 30.3 Å². The molecule has 0 radical (unpaired) electrons. The van der Waals surface area contributed by atoms with E-state index >= 15 is 0 Å². The summed E-state index contributed by atoms with van der Waals surface area (Å²) < 4.78 is 1.85. The second kappa shape index (κ2) is 9.10. The molecule has 0 aliphatic rings. The van der Waals surface area contributed by atoms with E-state index in [0.717, 1.165) is 36.7 Å². The molecule has 6 heteroatoms.